The van der Waals surface area contributed by atoms with Gasteiger partial charge in [-0.1, -0.05) is 60.2 Å². The van der Waals surface area contributed by atoms with Crippen molar-refractivity contribution in [3.05, 3.63) is 118 Å². The molecule has 0 radical (unpaired) electrons. The maximum Gasteiger partial charge on any atom is 0.338 e. The number of hydrogen-bond donors (Lipinski definition) is 0. The van der Waals surface area contributed by atoms with Crippen LogP contribution in [0, 0.1) is 6.92 Å². The number of carbonyl (C=O) groups excluding carboxylic acids is 2. The fourth-order valence-corrected chi connectivity index (χ4v) is 5.11. The van der Waals surface area contributed by atoms with Crippen molar-refractivity contribution in [3.63, 3.8) is 0 Å². The van der Waals surface area contributed by atoms with Crippen LogP contribution in [0.25, 0.3) is 17.4 Å². The van der Waals surface area contributed by atoms with Crippen LogP contribution in [0.3, 0.4) is 0 Å². The summed E-state index contributed by atoms with van der Waals surface area (Å²) < 4.78 is 11.1. The number of amidine groups is 1. The summed E-state index contributed by atoms with van der Waals surface area (Å²) >= 11 is 1.35. The maximum absolute atomic E-state index is 13.5. The summed E-state index contributed by atoms with van der Waals surface area (Å²) in [5.74, 6) is 0.751. The Kier molecular flexibility index (Phi) is 8.08. The second-order valence-corrected chi connectivity index (χ2v) is 10.0. The number of carbonyl (C=O) groups is 2. The maximum atomic E-state index is 13.5. The molecular weight excluding hydrogens is 508 g/mol. The summed E-state index contributed by atoms with van der Waals surface area (Å²) in [5.41, 5.74) is 4.42. The van der Waals surface area contributed by atoms with E-state index in [1.165, 1.54) is 11.8 Å². The Hall–Kier alpha value is -4.36. The van der Waals surface area contributed by atoms with Crippen LogP contribution in [-0.2, 0) is 16.0 Å². The first-order chi connectivity index (χ1) is 19.0. The summed E-state index contributed by atoms with van der Waals surface area (Å²) in [4.78, 5) is 32.5. The molecule has 1 aliphatic heterocycles. The lowest BCUT2D eigenvalue weighted by Crippen LogP contribution is -2.31. The standard InChI is InChI=1S/C32H28N2O4S/c1-3-37-31(36)25-13-11-24(12-14-25)28-18-17-27(38-28)21-29-30(35)34(20-19-23-7-5-4-6-8-23)32(39-29)33-26-15-9-22(2)10-16-26/h4-18,21H,3,19-20H2,1-2H3/b29-21+,33-32?. The molecule has 1 fully saturated rings. The van der Waals surface area contributed by atoms with Gasteiger partial charge in [-0.05, 0) is 74.0 Å². The van der Waals surface area contributed by atoms with Crippen molar-refractivity contribution >= 4 is 40.6 Å². The van der Waals surface area contributed by atoms with Gasteiger partial charge in [0, 0.05) is 18.2 Å². The third kappa shape index (κ3) is 6.38. The lowest BCUT2D eigenvalue weighted by molar-refractivity contribution is -0.122. The molecule has 1 amide bonds. The molecule has 2 heterocycles. The average Bonchev–Trinajstić information content (AvgIpc) is 3.54. The Labute approximate surface area is 232 Å². The predicted octanol–water partition coefficient (Wildman–Crippen LogP) is 7.28. The molecule has 3 aromatic carbocycles. The summed E-state index contributed by atoms with van der Waals surface area (Å²) in [6.45, 7) is 4.66. The van der Waals surface area contributed by atoms with E-state index < -0.39 is 0 Å². The van der Waals surface area contributed by atoms with Crippen molar-refractivity contribution in [2.24, 2.45) is 4.99 Å². The number of esters is 1. The molecule has 0 saturated carbocycles. The molecule has 1 aromatic heterocycles. The molecule has 1 aliphatic rings. The summed E-state index contributed by atoms with van der Waals surface area (Å²) in [6, 6.07) is 28.8. The third-order valence-corrected chi connectivity index (χ3v) is 7.20. The van der Waals surface area contributed by atoms with Crippen LogP contribution in [0.2, 0.25) is 0 Å². The van der Waals surface area contributed by atoms with Gasteiger partial charge in [0.05, 0.1) is 22.8 Å². The second kappa shape index (κ2) is 12.0. The van der Waals surface area contributed by atoms with Gasteiger partial charge in [-0.2, -0.15) is 0 Å². The van der Waals surface area contributed by atoms with Gasteiger partial charge in [-0.15, -0.1) is 0 Å². The lowest BCUT2D eigenvalue weighted by atomic mass is 10.1. The van der Waals surface area contributed by atoms with Gasteiger partial charge in [0.2, 0.25) is 0 Å². The minimum Gasteiger partial charge on any atom is -0.462 e. The number of amides is 1. The number of aryl methyl sites for hydroxylation is 1. The Balaban J connectivity index is 1.38. The Morgan fingerprint density at radius 2 is 1.72 bits per heavy atom. The Morgan fingerprint density at radius 3 is 2.44 bits per heavy atom. The molecule has 6 nitrogen and oxygen atoms in total. The molecule has 7 heteroatoms. The van der Waals surface area contributed by atoms with Crippen LogP contribution in [0.1, 0.15) is 34.2 Å². The van der Waals surface area contributed by atoms with Crippen LogP contribution in [0.5, 0.6) is 0 Å². The second-order valence-electron chi connectivity index (χ2n) is 9.03. The normalized spacial score (nSPS) is 15.3. The molecule has 0 aliphatic carbocycles. The first kappa shape index (κ1) is 26.3. The highest BCUT2D eigenvalue weighted by Crippen LogP contribution is 2.35. The molecule has 0 N–H and O–H groups in total. The third-order valence-electron chi connectivity index (χ3n) is 6.19. The first-order valence-corrected chi connectivity index (χ1v) is 13.6. The van der Waals surface area contributed by atoms with E-state index in [0.717, 1.165) is 28.8 Å². The number of ether oxygens (including phenoxy) is 1. The van der Waals surface area contributed by atoms with Crippen LogP contribution in [0.15, 0.2) is 105 Å². The lowest BCUT2D eigenvalue weighted by Gasteiger charge is -2.15. The molecule has 5 rings (SSSR count). The van der Waals surface area contributed by atoms with E-state index in [9.17, 15) is 9.59 Å². The van der Waals surface area contributed by atoms with Crippen LogP contribution >= 0.6 is 11.8 Å². The van der Waals surface area contributed by atoms with E-state index >= 15 is 0 Å². The largest absolute Gasteiger partial charge is 0.462 e. The van der Waals surface area contributed by atoms with Gasteiger partial charge in [0.1, 0.15) is 11.5 Å². The molecule has 39 heavy (non-hydrogen) atoms. The zero-order valence-corrected chi connectivity index (χ0v) is 22.6. The van der Waals surface area contributed by atoms with E-state index in [-0.39, 0.29) is 11.9 Å². The van der Waals surface area contributed by atoms with E-state index in [2.05, 4.69) is 12.1 Å². The van der Waals surface area contributed by atoms with Gasteiger partial charge in [0.15, 0.2) is 5.17 Å². The smallest absolute Gasteiger partial charge is 0.338 e. The van der Waals surface area contributed by atoms with Crippen LogP contribution in [-0.4, -0.2) is 35.1 Å². The van der Waals surface area contributed by atoms with Crippen LogP contribution < -0.4 is 0 Å². The fraction of sp³-hybridized carbons (Fsp3) is 0.156. The molecule has 4 aromatic rings. The number of aliphatic imine (C=N–C) groups is 1. The molecule has 1 saturated heterocycles. The van der Waals surface area contributed by atoms with Gasteiger partial charge in [-0.25, -0.2) is 9.79 Å². The molecule has 0 bridgehead atoms. The van der Waals surface area contributed by atoms with Crippen molar-refractivity contribution in [3.8, 4) is 11.3 Å². The number of nitrogens with zero attached hydrogens (tertiary/aromatic N) is 2. The van der Waals surface area contributed by atoms with Gasteiger partial charge in [-0.3, -0.25) is 9.69 Å². The van der Waals surface area contributed by atoms with Gasteiger partial charge >= 0.3 is 5.97 Å². The quantitative estimate of drug-likeness (QED) is 0.175. The fourth-order valence-electron chi connectivity index (χ4n) is 4.10. The van der Waals surface area contributed by atoms with E-state index in [1.807, 2.05) is 73.7 Å². The Bertz CT molecular complexity index is 1520. The summed E-state index contributed by atoms with van der Waals surface area (Å²) in [7, 11) is 0. The summed E-state index contributed by atoms with van der Waals surface area (Å²) in [6.07, 6.45) is 2.48. The van der Waals surface area contributed by atoms with E-state index in [1.54, 1.807) is 30.0 Å². The highest BCUT2D eigenvalue weighted by molar-refractivity contribution is 8.18. The zero-order valence-electron chi connectivity index (χ0n) is 21.8. The van der Waals surface area contributed by atoms with Crippen LogP contribution in [0.4, 0.5) is 5.69 Å². The SMILES string of the molecule is CCOC(=O)c1ccc(-c2ccc(/C=C3/SC(=Nc4ccc(C)cc4)N(CCc4ccccc4)C3=O)o2)cc1. The zero-order chi connectivity index (χ0) is 27.2. The Morgan fingerprint density at radius 1 is 0.974 bits per heavy atom. The van der Waals surface area contributed by atoms with E-state index in [4.69, 9.17) is 14.1 Å². The molecular formula is C32H28N2O4S. The van der Waals surface area contributed by atoms with Crippen molar-refractivity contribution in [1.82, 2.24) is 4.90 Å². The first-order valence-electron chi connectivity index (χ1n) is 12.8. The topological polar surface area (TPSA) is 72.1 Å². The van der Waals surface area contributed by atoms with Crippen molar-refractivity contribution in [2.45, 2.75) is 20.3 Å². The van der Waals surface area contributed by atoms with Crippen molar-refractivity contribution < 1.29 is 18.7 Å². The monoisotopic (exact) mass is 536 g/mol. The van der Waals surface area contributed by atoms with Gasteiger partial charge in [0.25, 0.3) is 5.91 Å². The van der Waals surface area contributed by atoms with Crippen molar-refractivity contribution in [2.75, 3.05) is 13.2 Å². The number of thioether (sulfide) groups is 1. The highest BCUT2D eigenvalue weighted by atomic mass is 32.2. The number of benzene rings is 3. The number of furan rings is 1. The average molecular weight is 537 g/mol. The molecule has 0 unspecified atom stereocenters. The highest BCUT2D eigenvalue weighted by Gasteiger charge is 2.33. The van der Waals surface area contributed by atoms with E-state index in [0.29, 0.717) is 40.3 Å². The number of hydrogen-bond acceptors (Lipinski definition) is 6. The minimum atomic E-state index is -0.356. The summed E-state index contributed by atoms with van der Waals surface area (Å²) in [5, 5.41) is 0.646. The number of rotatable bonds is 8. The molecule has 0 atom stereocenters. The molecule has 196 valence electrons. The predicted molar refractivity (Wildman–Crippen MR) is 156 cm³/mol. The minimum absolute atomic E-state index is 0.0986. The molecule has 0 spiro atoms. The van der Waals surface area contributed by atoms with Gasteiger partial charge < -0.3 is 9.15 Å². The van der Waals surface area contributed by atoms with Crippen molar-refractivity contribution in [1.29, 1.82) is 0 Å².